The van der Waals surface area contributed by atoms with Crippen molar-refractivity contribution in [3.05, 3.63) is 64.7 Å². The summed E-state index contributed by atoms with van der Waals surface area (Å²) in [6.45, 7) is 5.58. The van der Waals surface area contributed by atoms with Gasteiger partial charge in [-0.3, -0.25) is 9.89 Å². The van der Waals surface area contributed by atoms with Crippen LogP contribution < -0.4 is 10.6 Å². The Labute approximate surface area is 170 Å². The summed E-state index contributed by atoms with van der Waals surface area (Å²) in [5.74, 6) is -0.133. The van der Waals surface area contributed by atoms with Crippen molar-refractivity contribution in [2.45, 2.75) is 39.3 Å². The normalized spacial score (nSPS) is 14.1. The number of H-pyrrole nitrogens is 1. The van der Waals surface area contributed by atoms with Crippen LogP contribution in [0.15, 0.2) is 36.4 Å². The summed E-state index contributed by atoms with van der Waals surface area (Å²) < 4.78 is 1.94. The molecule has 3 N–H and O–H groups in total. The highest BCUT2D eigenvalue weighted by molar-refractivity contribution is 5.94. The number of hydrogen-bond acceptors (Lipinski definition) is 4. The van der Waals surface area contributed by atoms with Crippen molar-refractivity contribution in [2.75, 3.05) is 6.54 Å². The first-order chi connectivity index (χ1) is 13.1. The molecule has 148 valence electrons. The monoisotopic (exact) mass is 400 g/mol. The molecule has 4 rings (SSSR count). The number of carbonyl (C=O) groups excluding carboxylic acids is 1. The zero-order chi connectivity index (χ0) is 18.8. The van der Waals surface area contributed by atoms with Crippen LogP contribution in [0.4, 0.5) is 0 Å². The summed E-state index contributed by atoms with van der Waals surface area (Å²) >= 11 is 0. The molecule has 0 saturated heterocycles. The predicted octanol–water partition coefficient (Wildman–Crippen LogP) is 2.33. The van der Waals surface area contributed by atoms with Gasteiger partial charge in [0.1, 0.15) is 0 Å². The standard InChI is InChI=1S/C20H24N6O.ClH/c1-13(22-20(27)19-17-12-21-9-8-18(17)23-24-19)10-16-11-14(2)25-26(16)15-6-4-3-5-7-15;/h3-7,11,13,21H,8-10,12H2,1-2H3,(H,22,27)(H,23,24);1H. The molecule has 1 aliphatic rings. The number of nitrogens with zero attached hydrogens (tertiary/aromatic N) is 3. The molecular formula is C20H25ClN6O. The largest absolute Gasteiger partial charge is 0.348 e. The van der Waals surface area contributed by atoms with Crippen molar-refractivity contribution in [3.8, 4) is 5.69 Å². The Morgan fingerprint density at radius 1 is 1.32 bits per heavy atom. The van der Waals surface area contributed by atoms with Gasteiger partial charge in [0.05, 0.1) is 11.4 Å². The average Bonchev–Trinajstić information content (AvgIpc) is 3.25. The maximum absolute atomic E-state index is 12.7. The lowest BCUT2D eigenvalue weighted by Gasteiger charge is -2.16. The zero-order valence-electron chi connectivity index (χ0n) is 16.0. The first-order valence-electron chi connectivity index (χ1n) is 9.30. The van der Waals surface area contributed by atoms with Crippen LogP contribution >= 0.6 is 12.4 Å². The predicted molar refractivity (Wildman–Crippen MR) is 110 cm³/mol. The summed E-state index contributed by atoms with van der Waals surface area (Å²) in [5.41, 5.74) is 5.58. The van der Waals surface area contributed by atoms with E-state index in [1.165, 1.54) is 0 Å². The van der Waals surface area contributed by atoms with Crippen LogP contribution in [0.25, 0.3) is 5.69 Å². The highest BCUT2D eigenvalue weighted by Gasteiger charge is 2.23. The second-order valence-electron chi connectivity index (χ2n) is 7.06. The Balaban J connectivity index is 0.00000225. The van der Waals surface area contributed by atoms with Crippen LogP contribution in [0.1, 0.15) is 40.1 Å². The smallest absolute Gasteiger partial charge is 0.272 e. The lowest BCUT2D eigenvalue weighted by atomic mass is 10.1. The molecule has 7 nitrogen and oxygen atoms in total. The van der Waals surface area contributed by atoms with Gasteiger partial charge in [-0.05, 0) is 32.0 Å². The summed E-state index contributed by atoms with van der Waals surface area (Å²) in [5, 5.41) is 18.2. The number of benzene rings is 1. The minimum absolute atomic E-state index is 0. The van der Waals surface area contributed by atoms with E-state index in [1.807, 2.05) is 48.9 Å². The summed E-state index contributed by atoms with van der Waals surface area (Å²) in [6, 6.07) is 12.1. The third kappa shape index (κ3) is 4.10. The fraction of sp³-hybridized carbons (Fsp3) is 0.350. The van der Waals surface area contributed by atoms with Crippen LogP contribution in [-0.2, 0) is 19.4 Å². The van der Waals surface area contributed by atoms with E-state index < -0.39 is 0 Å². The van der Waals surface area contributed by atoms with Crippen molar-refractivity contribution < 1.29 is 4.79 Å². The van der Waals surface area contributed by atoms with E-state index in [9.17, 15) is 4.79 Å². The molecule has 0 aliphatic carbocycles. The molecule has 0 bridgehead atoms. The van der Waals surface area contributed by atoms with Crippen LogP contribution in [0.5, 0.6) is 0 Å². The van der Waals surface area contributed by atoms with E-state index in [4.69, 9.17) is 0 Å². The fourth-order valence-corrected chi connectivity index (χ4v) is 3.56. The van der Waals surface area contributed by atoms with Gasteiger partial charge < -0.3 is 10.6 Å². The average molecular weight is 401 g/mol. The lowest BCUT2D eigenvalue weighted by Crippen LogP contribution is -2.36. The van der Waals surface area contributed by atoms with Gasteiger partial charge in [-0.25, -0.2) is 4.68 Å². The van der Waals surface area contributed by atoms with Crippen LogP contribution in [0.3, 0.4) is 0 Å². The number of aryl methyl sites for hydroxylation is 1. The zero-order valence-corrected chi connectivity index (χ0v) is 16.8. The number of rotatable bonds is 5. The Morgan fingerprint density at radius 3 is 2.89 bits per heavy atom. The molecule has 1 amide bonds. The van der Waals surface area contributed by atoms with Gasteiger partial charge in [0.2, 0.25) is 0 Å². The number of nitrogens with one attached hydrogen (secondary N) is 3. The maximum Gasteiger partial charge on any atom is 0.272 e. The molecule has 0 saturated carbocycles. The highest BCUT2D eigenvalue weighted by atomic mass is 35.5. The Kier molecular flexibility index (Phi) is 6.16. The van der Waals surface area contributed by atoms with E-state index in [2.05, 4.69) is 32.0 Å². The highest BCUT2D eigenvalue weighted by Crippen LogP contribution is 2.17. The fourth-order valence-electron chi connectivity index (χ4n) is 3.56. The number of halogens is 1. The minimum Gasteiger partial charge on any atom is -0.348 e. The molecule has 2 aromatic heterocycles. The van der Waals surface area contributed by atoms with Crippen LogP contribution in [-0.4, -0.2) is 38.5 Å². The second-order valence-corrected chi connectivity index (χ2v) is 7.06. The number of fused-ring (bicyclic) bond motifs is 1. The molecule has 0 spiro atoms. The van der Waals surface area contributed by atoms with E-state index in [-0.39, 0.29) is 24.4 Å². The minimum atomic E-state index is -0.133. The van der Waals surface area contributed by atoms with E-state index in [0.29, 0.717) is 18.7 Å². The first kappa shape index (κ1) is 20.1. The topological polar surface area (TPSA) is 87.6 Å². The number of para-hydroxylation sites is 1. The molecule has 0 radical (unpaired) electrons. The molecule has 28 heavy (non-hydrogen) atoms. The van der Waals surface area contributed by atoms with Gasteiger partial charge in [-0.2, -0.15) is 10.2 Å². The van der Waals surface area contributed by atoms with Gasteiger partial charge in [-0.1, -0.05) is 18.2 Å². The number of aromatic nitrogens is 4. The summed E-state index contributed by atoms with van der Waals surface area (Å²) in [6.07, 6.45) is 1.56. The molecule has 1 aromatic carbocycles. The second kappa shape index (κ2) is 8.58. The Bertz CT molecular complexity index is 949. The number of hydrogen-bond donors (Lipinski definition) is 3. The number of aromatic amines is 1. The van der Waals surface area contributed by atoms with Crippen LogP contribution in [0, 0.1) is 6.92 Å². The van der Waals surface area contributed by atoms with Crippen molar-refractivity contribution in [1.29, 1.82) is 0 Å². The van der Waals surface area contributed by atoms with E-state index in [0.717, 1.165) is 41.3 Å². The Hall–Kier alpha value is -2.64. The van der Waals surface area contributed by atoms with Crippen molar-refractivity contribution in [3.63, 3.8) is 0 Å². The van der Waals surface area contributed by atoms with Crippen molar-refractivity contribution >= 4 is 18.3 Å². The summed E-state index contributed by atoms with van der Waals surface area (Å²) in [7, 11) is 0. The number of carbonyl (C=O) groups is 1. The van der Waals surface area contributed by atoms with Gasteiger partial charge >= 0.3 is 0 Å². The molecule has 3 aromatic rings. The molecule has 1 aliphatic heterocycles. The van der Waals surface area contributed by atoms with Gasteiger partial charge in [-0.15, -0.1) is 12.4 Å². The maximum atomic E-state index is 12.7. The summed E-state index contributed by atoms with van der Waals surface area (Å²) in [4.78, 5) is 12.7. The third-order valence-corrected chi connectivity index (χ3v) is 4.82. The lowest BCUT2D eigenvalue weighted by molar-refractivity contribution is 0.0933. The van der Waals surface area contributed by atoms with Gasteiger partial charge in [0.25, 0.3) is 5.91 Å². The SMILES string of the molecule is Cc1cc(CC(C)NC(=O)c2n[nH]c3c2CNCC3)n(-c2ccccc2)n1.Cl. The molecular weight excluding hydrogens is 376 g/mol. The molecule has 0 fully saturated rings. The molecule has 1 unspecified atom stereocenters. The third-order valence-electron chi connectivity index (χ3n) is 4.82. The van der Waals surface area contributed by atoms with E-state index >= 15 is 0 Å². The van der Waals surface area contributed by atoms with Crippen molar-refractivity contribution in [1.82, 2.24) is 30.6 Å². The van der Waals surface area contributed by atoms with E-state index in [1.54, 1.807) is 0 Å². The number of amides is 1. The van der Waals surface area contributed by atoms with Gasteiger partial charge in [0.15, 0.2) is 5.69 Å². The molecule has 3 heterocycles. The van der Waals surface area contributed by atoms with Crippen LogP contribution in [0.2, 0.25) is 0 Å². The molecule has 8 heteroatoms. The molecule has 1 atom stereocenters. The first-order valence-corrected chi connectivity index (χ1v) is 9.30. The van der Waals surface area contributed by atoms with Gasteiger partial charge in [0, 0.05) is 48.9 Å². The Morgan fingerprint density at radius 2 is 2.11 bits per heavy atom. The van der Waals surface area contributed by atoms with Crippen molar-refractivity contribution in [2.24, 2.45) is 0 Å². The quantitative estimate of drug-likeness (QED) is 0.613.